The second-order valence-electron chi connectivity index (χ2n) is 4.82. The van der Waals surface area contributed by atoms with Gasteiger partial charge in [0.1, 0.15) is 0 Å². The second-order valence-corrected chi connectivity index (χ2v) is 4.82. The summed E-state index contributed by atoms with van der Waals surface area (Å²) in [5, 5.41) is 3.14. The zero-order chi connectivity index (χ0) is 11.1. The Morgan fingerprint density at radius 1 is 1.13 bits per heavy atom. The van der Waals surface area contributed by atoms with Crippen LogP contribution < -0.4 is 5.32 Å². The molecule has 0 spiro atoms. The highest BCUT2D eigenvalue weighted by molar-refractivity contribution is 5.76. The summed E-state index contributed by atoms with van der Waals surface area (Å²) in [5.74, 6) is 1.17. The van der Waals surface area contributed by atoms with E-state index in [0.717, 1.165) is 12.3 Å². The van der Waals surface area contributed by atoms with E-state index < -0.39 is 0 Å². The third kappa shape index (κ3) is 4.67. The van der Waals surface area contributed by atoms with Crippen molar-refractivity contribution >= 4 is 5.91 Å². The van der Waals surface area contributed by atoms with Gasteiger partial charge in [-0.05, 0) is 38.0 Å². The highest BCUT2D eigenvalue weighted by Gasteiger charge is 2.21. The van der Waals surface area contributed by atoms with Crippen LogP contribution in [0.25, 0.3) is 0 Å². The Bertz CT molecular complexity index is 183. The van der Waals surface area contributed by atoms with Gasteiger partial charge in [-0.1, -0.05) is 26.7 Å². The van der Waals surface area contributed by atoms with Crippen molar-refractivity contribution in [2.45, 2.75) is 71.3 Å². The quantitative estimate of drug-likeness (QED) is 0.743. The van der Waals surface area contributed by atoms with Crippen LogP contribution in [-0.2, 0) is 4.79 Å². The first kappa shape index (κ1) is 12.5. The molecule has 1 rings (SSSR count). The monoisotopic (exact) mass is 211 g/mol. The van der Waals surface area contributed by atoms with Gasteiger partial charge in [0.25, 0.3) is 0 Å². The van der Waals surface area contributed by atoms with E-state index in [1.807, 2.05) is 0 Å². The molecule has 1 fully saturated rings. The van der Waals surface area contributed by atoms with Crippen molar-refractivity contribution in [1.82, 2.24) is 5.32 Å². The van der Waals surface area contributed by atoms with Crippen LogP contribution in [0.2, 0.25) is 0 Å². The lowest BCUT2D eigenvalue weighted by molar-refractivity contribution is -0.122. The molecule has 0 unspecified atom stereocenters. The van der Waals surface area contributed by atoms with Gasteiger partial charge in [0.15, 0.2) is 0 Å². The standard InChI is InChI=1S/C13H25NO/c1-3-5-11-7-9-12(10-8-11)14-13(15)6-4-2/h11-12H,3-10H2,1-2H3,(H,14,15). The van der Waals surface area contributed by atoms with E-state index in [4.69, 9.17) is 0 Å². The van der Waals surface area contributed by atoms with Crippen LogP contribution >= 0.6 is 0 Å². The van der Waals surface area contributed by atoms with E-state index >= 15 is 0 Å². The number of hydrogen-bond acceptors (Lipinski definition) is 1. The molecule has 1 aliphatic rings. The maximum absolute atomic E-state index is 11.4. The van der Waals surface area contributed by atoms with Crippen LogP contribution in [0.3, 0.4) is 0 Å². The molecule has 2 heteroatoms. The van der Waals surface area contributed by atoms with Crippen molar-refractivity contribution in [2.75, 3.05) is 0 Å². The lowest BCUT2D eigenvalue weighted by Gasteiger charge is -2.28. The summed E-state index contributed by atoms with van der Waals surface area (Å²) in [5.41, 5.74) is 0. The van der Waals surface area contributed by atoms with Crippen molar-refractivity contribution in [3.63, 3.8) is 0 Å². The van der Waals surface area contributed by atoms with E-state index in [1.165, 1.54) is 38.5 Å². The second kappa shape index (κ2) is 6.86. The molecule has 88 valence electrons. The zero-order valence-corrected chi connectivity index (χ0v) is 10.2. The topological polar surface area (TPSA) is 29.1 Å². The van der Waals surface area contributed by atoms with Gasteiger partial charge in [-0.25, -0.2) is 0 Å². The Balaban J connectivity index is 2.16. The van der Waals surface area contributed by atoms with Crippen molar-refractivity contribution in [2.24, 2.45) is 5.92 Å². The highest BCUT2D eigenvalue weighted by atomic mass is 16.1. The smallest absolute Gasteiger partial charge is 0.220 e. The molecule has 1 amide bonds. The van der Waals surface area contributed by atoms with Gasteiger partial charge >= 0.3 is 0 Å². The Labute approximate surface area is 93.8 Å². The first-order valence-electron chi connectivity index (χ1n) is 6.55. The van der Waals surface area contributed by atoms with Crippen LogP contribution in [0.4, 0.5) is 0 Å². The first-order chi connectivity index (χ1) is 7.26. The van der Waals surface area contributed by atoms with E-state index in [1.54, 1.807) is 0 Å². The van der Waals surface area contributed by atoms with E-state index in [2.05, 4.69) is 19.2 Å². The van der Waals surface area contributed by atoms with Crippen LogP contribution in [-0.4, -0.2) is 11.9 Å². The maximum Gasteiger partial charge on any atom is 0.220 e. The molecule has 1 aliphatic carbocycles. The van der Waals surface area contributed by atoms with E-state index in [0.29, 0.717) is 12.5 Å². The molecule has 0 bridgehead atoms. The predicted molar refractivity (Wildman–Crippen MR) is 63.7 cm³/mol. The fraction of sp³-hybridized carbons (Fsp3) is 0.923. The summed E-state index contributed by atoms with van der Waals surface area (Å²) in [6.45, 7) is 4.31. The van der Waals surface area contributed by atoms with Crippen LogP contribution in [0.15, 0.2) is 0 Å². The van der Waals surface area contributed by atoms with Crippen molar-refractivity contribution in [3.8, 4) is 0 Å². The number of rotatable bonds is 5. The van der Waals surface area contributed by atoms with Gasteiger partial charge in [0.2, 0.25) is 5.91 Å². The summed E-state index contributed by atoms with van der Waals surface area (Å²) in [6.07, 6.45) is 9.33. The minimum atomic E-state index is 0.247. The Morgan fingerprint density at radius 2 is 1.80 bits per heavy atom. The number of amides is 1. The number of hydrogen-bond donors (Lipinski definition) is 1. The molecule has 0 aromatic rings. The summed E-state index contributed by atoms with van der Waals surface area (Å²) in [6, 6.07) is 0.470. The van der Waals surface area contributed by atoms with Crippen molar-refractivity contribution in [1.29, 1.82) is 0 Å². The average molecular weight is 211 g/mol. The van der Waals surface area contributed by atoms with Crippen LogP contribution in [0.1, 0.15) is 65.2 Å². The molecule has 1 saturated carbocycles. The number of carbonyl (C=O) groups is 1. The number of nitrogens with one attached hydrogen (secondary N) is 1. The van der Waals surface area contributed by atoms with Crippen molar-refractivity contribution < 1.29 is 4.79 Å². The fourth-order valence-electron chi connectivity index (χ4n) is 2.53. The highest BCUT2D eigenvalue weighted by Crippen LogP contribution is 2.27. The molecular weight excluding hydrogens is 186 g/mol. The zero-order valence-electron chi connectivity index (χ0n) is 10.2. The first-order valence-corrected chi connectivity index (χ1v) is 6.55. The maximum atomic E-state index is 11.4. The van der Waals surface area contributed by atoms with Crippen LogP contribution in [0.5, 0.6) is 0 Å². The minimum Gasteiger partial charge on any atom is -0.353 e. The van der Waals surface area contributed by atoms with Crippen LogP contribution in [0, 0.1) is 5.92 Å². The third-order valence-corrected chi connectivity index (χ3v) is 3.39. The molecule has 15 heavy (non-hydrogen) atoms. The average Bonchev–Trinajstić information content (AvgIpc) is 2.22. The van der Waals surface area contributed by atoms with Gasteiger partial charge in [-0.2, -0.15) is 0 Å². The lowest BCUT2D eigenvalue weighted by Crippen LogP contribution is -2.37. The van der Waals surface area contributed by atoms with Gasteiger partial charge in [-0.3, -0.25) is 4.79 Å². The summed E-state index contributed by atoms with van der Waals surface area (Å²) in [7, 11) is 0. The predicted octanol–water partition coefficient (Wildman–Crippen LogP) is 3.26. The van der Waals surface area contributed by atoms with Gasteiger partial charge in [0, 0.05) is 12.5 Å². The van der Waals surface area contributed by atoms with Gasteiger partial charge in [0.05, 0.1) is 0 Å². The normalized spacial score (nSPS) is 26.3. The lowest BCUT2D eigenvalue weighted by atomic mass is 9.83. The third-order valence-electron chi connectivity index (χ3n) is 3.39. The molecule has 0 heterocycles. The molecule has 0 aromatic carbocycles. The minimum absolute atomic E-state index is 0.247. The summed E-state index contributed by atoms with van der Waals surface area (Å²) < 4.78 is 0. The fourth-order valence-corrected chi connectivity index (χ4v) is 2.53. The Morgan fingerprint density at radius 3 is 2.33 bits per heavy atom. The SMILES string of the molecule is CCCC(=O)NC1CCC(CCC)CC1. The van der Waals surface area contributed by atoms with E-state index in [9.17, 15) is 4.79 Å². The molecule has 0 atom stereocenters. The van der Waals surface area contributed by atoms with Crippen molar-refractivity contribution in [3.05, 3.63) is 0 Å². The largest absolute Gasteiger partial charge is 0.353 e. The van der Waals surface area contributed by atoms with Gasteiger partial charge in [-0.15, -0.1) is 0 Å². The molecule has 0 aromatic heterocycles. The molecule has 0 aliphatic heterocycles. The Hall–Kier alpha value is -0.530. The van der Waals surface area contributed by atoms with Gasteiger partial charge < -0.3 is 5.32 Å². The number of carbonyl (C=O) groups excluding carboxylic acids is 1. The van der Waals surface area contributed by atoms with E-state index in [-0.39, 0.29) is 5.91 Å². The Kier molecular flexibility index (Phi) is 5.74. The molecular formula is C13H25NO. The molecule has 1 N–H and O–H groups in total. The molecule has 0 radical (unpaired) electrons. The summed E-state index contributed by atoms with van der Waals surface area (Å²) in [4.78, 5) is 11.4. The molecule has 2 nitrogen and oxygen atoms in total. The molecule has 0 saturated heterocycles. The summed E-state index contributed by atoms with van der Waals surface area (Å²) >= 11 is 0.